The van der Waals surface area contributed by atoms with E-state index in [0.29, 0.717) is 17.7 Å². The average Bonchev–Trinajstić information content (AvgIpc) is 2.16. The maximum atomic E-state index is 11.6. The largest absolute Gasteiger partial charge is 1.00 e. The Morgan fingerprint density at radius 3 is 2.88 bits per heavy atom. The molecule has 6 heteroatoms. The van der Waals surface area contributed by atoms with Crippen molar-refractivity contribution < 1.29 is 40.7 Å². The van der Waals surface area contributed by atoms with E-state index < -0.39 is 4.92 Å². The number of nitro groups is 1. The molecule has 0 N–H and O–H groups in total. The van der Waals surface area contributed by atoms with Crippen LogP contribution in [-0.4, -0.2) is 15.7 Å². The van der Waals surface area contributed by atoms with Crippen LogP contribution in [0, 0.1) is 16.0 Å². The summed E-state index contributed by atoms with van der Waals surface area (Å²) in [4.78, 5) is 25.6. The van der Waals surface area contributed by atoms with Crippen molar-refractivity contribution in [2.24, 2.45) is 5.92 Å². The van der Waals surface area contributed by atoms with Gasteiger partial charge in [-0.3, -0.25) is 19.9 Å². The van der Waals surface area contributed by atoms with E-state index in [4.69, 9.17) is 0 Å². The number of ketones is 1. The summed E-state index contributed by atoms with van der Waals surface area (Å²) < 4.78 is 0. The number of carbonyl (C=O) groups excluding carboxylic acids is 1. The standard InChI is InChI=1S/C10H10N2O3.Na.H/c1-6-2-9-8(10(13)3-6)4-7(5-11-9)12(14)15;;/h4-6H,2-3H2,1H3;;/q;+1;-1. The first-order chi connectivity index (χ1) is 7.08. The van der Waals surface area contributed by atoms with Gasteiger partial charge >= 0.3 is 29.6 Å². The topological polar surface area (TPSA) is 73.1 Å². The number of Topliss-reactive ketones (excluding diaryl/α,β-unsaturated/α-hetero) is 1. The third kappa shape index (κ3) is 2.48. The molecule has 80 valence electrons. The SMILES string of the molecule is CC1CC(=O)c2cc([N+](=O)[O-])cnc2C1.[H-].[Na+]. The molecule has 0 aliphatic heterocycles. The molecular weight excluding hydrogens is 219 g/mol. The average molecular weight is 230 g/mol. The van der Waals surface area contributed by atoms with Crippen LogP contribution in [0.2, 0.25) is 0 Å². The Balaban J connectivity index is 0.00000128. The van der Waals surface area contributed by atoms with Crippen LogP contribution >= 0.6 is 0 Å². The Morgan fingerprint density at radius 2 is 2.25 bits per heavy atom. The molecule has 5 nitrogen and oxygen atoms in total. The molecule has 1 aromatic rings. The third-order valence-corrected chi connectivity index (χ3v) is 2.54. The molecule has 0 spiro atoms. The first-order valence-corrected chi connectivity index (χ1v) is 4.74. The number of carbonyl (C=O) groups is 1. The number of fused-ring (bicyclic) bond motifs is 1. The number of aromatic nitrogens is 1. The summed E-state index contributed by atoms with van der Waals surface area (Å²) in [6.07, 6.45) is 2.39. The van der Waals surface area contributed by atoms with Crippen molar-refractivity contribution in [2.45, 2.75) is 19.8 Å². The molecule has 1 heterocycles. The second-order valence-electron chi connectivity index (χ2n) is 3.88. The van der Waals surface area contributed by atoms with Gasteiger partial charge < -0.3 is 1.43 Å². The predicted octanol–water partition coefficient (Wildman–Crippen LogP) is -1.13. The van der Waals surface area contributed by atoms with Crippen molar-refractivity contribution in [3.8, 4) is 0 Å². The fourth-order valence-electron chi connectivity index (χ4n) is 1.81. The van der Waals surface area contributed by atoms with E-state index in [2.05, 4.69) is 4.98 Å². The third-order valence-electron chi connectivity index (χ3n) is 2.54. The van der Waals surface area contributed by atoms with Gasteiger partial charge in [0.05, 0.1) is 10.6 Å². The smallest absolute Gasteiger partial charge is 1.00 e. The van der Waals surface area contributed by atoms with Crippen LogP contribution in [0.1, 0.15) is 30.8 Å². The summed E-state index contributed by atoms with van der Waals surface area (Å²) in [5.41, 5.74) is 0.989. The minimum absolute atomic E-state index is 0. The molecule has 0 radical (unpaired) electrons. The second kappa shape index (κ2) is 5.03. The molecule has 0 bridgehead atoms. The van der Waals surface area contributed by atoms with Gasteiger partial charge in [-0.2, -0.15) is 0 Å². The maximum Gasteiger partial charge on any atom is 1.00 e. The molecule has 1 unspecified atom stereocenters. The van der Waals surface area contributed by atoms with Gasteiger partial charge in [0.2, 0.25) is 0 Å². The van der Waals surface area contributed by atoms with Crippen molar-refractivity contribution in [1.82, 2.24) is 4.98 Å². The minimum atomic E-state index is -0.529. The Morgan fingerprint density at radius 1 is 1.56 bits per heavy atom. The summed E-state index contributed by atoms with van der Waals surface area (Å²) in [6, 6.07) is 1.33. The van der Waals surface area contributed by atoms with Gasteiger partial charge in [0.1, 0.15) is 6.20 Å². The summed E-state index contributed by atoms with van der Waals surface area (Å²) in [5, 5.41) is 10.5. The van der Waals surface area contributed by atoms with Crippen LogP contribution in [0.15, 0.2) is 12.3 Å². The fourth-order valence-corrected chi connectivity index (χ4v) is 1.81. The van der Waals surface area contributed by atoms with E-state index in [0.717, 1.165) is 6.42 Å². The molecule has 2 rings (SSSR count). The van der Waals surface area contributed by atoms with E-state index >= 15 is 0 Å². The monoisotopic (exact) mass is 230 g/mol. The molecule has 0 aromatic carbocycles. The maximum absolute atomic E-state index is 11.6. The van der Waals surface area contributed by atoms with Crippen molar-refractivity contribution in [1.29, 1.82) is 0 Å². The fraction of sp³-hybridized carbons (Fsp3) is 0.400. The van der Waals surface area contributed by atoms with Gasteiger partial charge in [-0.1, -0.05) is 6.92 Å². The van der Waals surface area contributed by atoms with E-state index in [1.54, 1.807) is 0 Å². The van der Waals surface area contributed by atoms with Gasteiger partial charge in [0.15, 0.2) is 5.78 Å². The molecule has 0 amide bonds. The number of hydrogen-bond acceptors (Lipinski definition) is 4. The van der Waals surface area contributed by atoms with Gasteiger partial charge in [0, 0.05) is 18.1 Å². The van der Waals surface area contributed by atoms with E-state index in [-0.39, 0.29) is 48.4 Å². The van der Waals surface area contributed by atoms with Crippen LogP contribution in [0.3, 0.4) is 0 Å². The van der Waals surface area contributed by atoms with E-state index in [9.17, 15) is 14.9 Å². The van der Waals surface area contributed by atoms with Crippen LogP contribution < -0.4 is 29.6 Å². The Labute approximate surface area is 116 Å². The van der Waals surface area contributed by atoms with E-state index in [1.807, 2.05) is 6.92 Å². The number of nitrogens with zero attached hydrogens (tertiary/aromatic N) is 2. The Hall–Kier alpha value is -0.780. The summed E-state index contributed by atoms with van der Waals surface area (Å²) in [6.45, 7) is 1.98. The van der Waals surface area contributed by atoms with Crippen LogP contribution in [0.4, 0.5) is 5.69 Å². The van der Waals surface area contributed by atoms with Crippen molar-refractivity contribution in [3.63, 3.8) is 0 Å². The zero-order valence-electron chi connectivity index (χ0n) is 10.3. The molecule has 0 saturated carbocycles. The zero-order valence-corrected chi connectivity index (χ0v) is 11.3. The van der Waals surface area contributed by atoms with E-state index in [1.165, 1.54) is 12.3 Å². The predicted molar refractivity (Wildman–Crippen MR) is 53.8 cm³/mol. The zero-order chi connectivity index (χ0) is 11.0. The molecule has 0 fully saturated rings. The van der Waals surface area contributed by atoms with Crippen molar-refractivity contribution in [2.75, 3.05) is 0 Å². The van der Waals surface area contributed by atoms with Crippen LogP contribution in [0.5, 0.6) is 0 Å². The number of pyridine rings is 1. The summed E-state index contributed by atoms with van der Waals surface area (Å²) in [5.74, 6) is 0.235. The molecule has 0 saturated heterocycles. The van der Waals surface area contributed by atoms with Crippen molar-refractivity contribution >= 4 is 11.5 Å². The molecular formula is C10H11N2NaO3. The quantitative estimate of drug-likeness (QED) is 0.347. The van der Waals surface area contributed by atoms with Crippen molar-refractivity contribution in [3.05, 3.63) is 33.6 Å². The first-order valence-electron chi connectivity index (χ1n) is 4.74. The van der Waals surface area contributed by atoms with Gasteiger partial charge in [-0.15, -0.1) is 0 Å². The number of rotatable bonds is 1. The second-order valence-corrected chi connectivity index (χ2v) is 3.88. The molecule has 1 atom stereocenters. The normalized spacial score (nSPS) is 18.6. The summed E-state index contributed by atoms with van der Waals surface area (Å²) in [7, 11) is 0. The molecule has 16 heavy (non-hydrogen) atoms. The Bertz CT molecular complexity index is 453. The van der Waals surface area contributed by atoms with Gasteiger partial charge in [0.25, 0.3) is 5.69 Å². The summed E-state index contributed by atoms with van der Waals surface area (Å²) >= 11 is 0. The molecule has 1 aromatic heterocycles. The molecule has 1 aliphatic rings. The van der Waals surface area contributed by atoms with Crippen LogP contribution in [-0.2, 0) is 6.42 Å². The Kier molecular flexibility index (Phi) is 4.18. The van der Waals surface area contributed by atoms with Crippen LogP contribution in [0.25, 0.3) is 0 Å². The van der Waals surface area contributed by atoms with Gasteiger partial charge in [-0.25, -0.2) is 0 Å². The first kappa shape index (κ1) is 13.3. The van der Waals surface area contributed by atoms with Gasteiger partial charge in [-0.05, 0) is 12.3 Å². The molecule has 1 aliphatic carbocycles. The number of hydrogen-bond donors (Lipinski definition) is 0. The minimum Gasteiger partial charge on any atom is -1.00 e.